The molecule has 0 saturated heterocycles. The number of carbonyl (C=O) groups is 2. The van der Waals surface area contributed by atoms with Crippen LogP contribution < -0.4 is 10.1 Å². The van der Waals surface area contributed by atoms with Gasteiger partial charge in [0.15, 0.2) is 0 Å². The molecule has 3 aromatic rings. The molecule has 0 aliphatic rings. The van der Waals surface area contributed by atoms with Crippen LogP contribution in [0.4, 0.5) is 5.00 Å². The number of nitrogens with zero attached hydrogens (tertiary/aromatic N) is 1. The maximum atomic E-state index is 12.9. The van der Waals surface area contributed by atoms with E-state index in [4.69, 9.17) is 9.47 Å². The first-order valence-electron chi connectivity index (χ1n) is 8.89. The molecule has 1 amide bonds. The average molecular weight is 406 g/mol. The van der Waals surface area contributed by atoms with Crippen molar-refractivity contribution in [3.05, 3.63) is 76.2 Å². The van der Waals surface area contributed by atoms with Crippen LogP contribution in [0.25, 0.3) is 0 Å². The standard InChI is InChI=1S/C22H18N2O4S/c1-3-27-22(26)19-14(2)17(13-23)21(29-19)24-20(25)16-11-7-8-12-18(16)28-15-9-5-4-6-10-15/h4-12H,3H2,1-2H3,(H,24,25). The van der Waals surface area contributed by atoms with E-state index in [9.17, 15) is 14.9 Å². The van der Waals surface area contributed by atoms with E-state index >= 15 is 0 Å². The highest BCUT2D eigenvalue weighted by Gasteiger charge is 2.23. The second-order valence-electron chi connectivity index (χ2n) is 5.96. The van der Waals surface area contributed by atoms with E-state index in [1.54, 1.807) is 50.2 Å². The first-order valence-corrected chi connectivity index (χ1v) is 9.70. The smallest absolute Gasteiger partial charge is 0.348 e. The lowest BCUT2D eigenvalue weighted by atomic mass is 10.1. The Kier molecular flexibility index (Phi) is 6.27. The van der Waals surface area contributed by atoms with E-state index in [0.717, 1.165) is 11.3 Å². The van der Waals surface area contributed by atoms with Crippen molar-refractivity contribution in [2.75, 3.05) is 11.9 Å². The minimum absolute atomic E-state index is 0.226. The molecular formula is C22H18N2O4S. The molecule has 29 heavy (non-hydrogen) atoms. The van der Waals surface area contributed by atoms with Crippen molar-refractivity contribution in [2.45, 2.75) is 13.8 Å². The third kappa shape index (κ3) is 4.45. The van der Waals surface area contributed by atoms with Crippen molar-refractivity contribution in [2.24, 2.45) is 0 Å². The van der Waals surface area contributed by atoms with Crippen LogP contribution in [0.3, 0.4) is 0 Å². The Labute approximate surface area is 172 Å². The van der Waals surface area contributed by atoms with Gasteiger partial charge in [-0.3, -0.25) is 4.79 Å². The number of rotatable bonds is 6. The average Bonchev–Trinajstić information content (AvgIpc) is 3.04. The van der Waals surface area contributed by atoms with Crippen molar-refractivity contribution in [1.29, 1.82) is 5.26 Å². The number of esters is 1. The van der Waals surface area contributed by atoms with Crippen molar-refractivity contribution in [3.63, 3.8) is 0 Å². The van der Waals surface area contributed by atoms with Gasteiger partial charge in [0, 0.05) is 0 Å². The first-order chi connectivity index (χ1) is 14.0. The lowest BCUT2D eigenvalue weighted by molar-refractivity contribution is 0.0531. The molecule has 0 bridgehead atoms. The van der Waals surface area contributed by atoms with Gasteiger partial charge in [-0.2, -0.15) is 5.26 Å². The van der Waals surface area contributed by atoms with E-state index < -0.39 is 11.9 Å². The van der Waals surface area contributed by atoms with Crippen LogP contribution in [-0.4, -0.2) is 18.5 Å². The molecule has 0 fully saturated rings. The molecular weight excluding hydrogens is 388 g/mol. The van der Waals surface area contributed by atoms with Gasteiger partial charge in [-0.25, -0.2) is 4.79 Å². The minimum atomic E-state index is -0.514. The van der Waals surface area contributed by atoms with Crippen molar-refractivity contribution < 1.29 is 19.1 Å². The summed E-state index contributed by atoms with van der Waals surface area (Å²) in [5.74, 6) is 0.0279. The summed E-state index contributed by atoms with van der Waals surface area (Å²) in [5, 5.41) is 12.5. The molecule has 2 aromatic carbocycles. The molecule has 3 rings (SSSR count). The summed E-state index contributed by atoms with van der Waals surface area (Å²) in [6.45, 7) is 3.59. The third-order valence-electron chi connectivity index (χ3n) is 4.05. The number of thiophene rings is 1. The highest BCUT2D eigenvalue weighted by molar-refractivity contribution is 7.18. The maximum Gasteiger partial charge on any atom is 0.348 e. The summed E-state index contributed by atoms with van der Waals surface area (Å²) in [6.07, 6.45) is 0. The van der Waals surface area contributed by atoms with Gasteiger partial charge in [0.25, 0.3) is 5.91 Å². The van der Waals surface area contributed by atoms with Crippen LogP contribution in [0.15, 0.2) is 54.6 Å². The Morgan fingerprint density at radius 1 is 1.10 bits per heavy atom. The van der Waals surface area contributed by atoms with Crippen LogP contribution in [0, 0.1) is 18.3 Å². The van der Waals surface area contributed by atoms with Gasteiger partial charge in [0.05, 0.1) is 17.7 Å². The number of nitrogens with one attached hydrogen (secondary N) is 1. The largest absolute Gasteiger partial charge is 0.462 e. The first kappa shape index (κ1) is 20.1. The molecule has 0 radical (unpaired) electrons. The SMILES string of the molecule is CCOC(=O)c1sc(NC(=O)c2ccccc2Oc2ccccc2)c(C#N)c1C. The van der Waals surface area contributed by atoms with Crippen molar-refractivity contribution in [1.82, 2.24) is 0 Å². The summed E-state index contributed by atoms with van der Waals surface area (Å²) in [5.41, 5.74) is 1.04. The summed E-state index contributed by atoms with van der Waals surface area (Å²) in [7, 11) is 0. The molecule has 7 heteroatoms. The Morgan fingerprint density at radius 2 is 1.79 bits per heavy atom. The maximum absolute atomic E-state index is 12.9. The second kappa shape index (κ2) is 9.04. The Bertz CT molecular complexity index is 1080. The summed E-state index contributed by atoms with van der Waals surface area (Å²) >= 11 is 1.02. The molecule has 6 nitrogen and oxygen atoms in total. The van der Waals surface area contributed by atoms with E-state index in [2.05, 4.69) is 5.32 Å². The number of para-hydroxylation sites is 2. The number of anilines is 1. The number of benzene rings is 2. The molecule has 0 unspecified atom stereocenters. The number of hydrogen-bond donors (Lipinski definition) is 1. The summed E-state index contributed by atoms with van der Waals surface area (Å²) < 4.78 is 10.9. The topological polar surface area (TPSA) is 88.4 Å². The lowest BCUT2D eigenvalue weighted by Crippen LogP contribution is -2.12. The Balaban J connectivity index is 1.89. The van der Waals surface area contributed by atoms with E-state index in [-0.39, 0.29) is 12.2 Å². The zero-order valence-corrected chi connectivity index (χ0v) is 16.7. The molecule has 146 valence electrons. The minimum Gasteiger partial charge on any atom is -0.462 e. The van der Waals surface area contributed by atoms with Crippen LogP contribution in [0.2, 0.25) is 0 Å². The highest BCUT2D eigenvalue weighted by Crippen LogP contribution is 2.34. The van der Waals surface area contributed by atoms with Gasteiger partial charge in [-0.05, 0) is 43.7 Å². The van der Waals surface area contributed by atoms with Gasteiger partial charge < -0.3 is 14.8 Å². The van der Waals surface area contributed by atoms with Crippen LogP contribution in [0.1, 0.15) is 38.1 Å². The number of carbonyl (C=O) groups excluding carboxylic acids is 2. The molecule has 1 aromatic heterocycles. The van der Waals surface area contributed by atoms with E-state index in [0.29, 0.717) is 32.5 Å². The number of ether oxygens (including phenoxy) is 2. The van der Waals surface area contributed by atoms with E-state index in [1.165, 1.54) is 0 Å². The third-order valence-corrected chi connectivity index (χ3v) is 5.24. The number of amides is 1. The summed E-state index contributed by atoms with van der Waals surface area (Å²) in [4.78, 5) is 25.3. The van der Waals surface area contributed by atoms with Gasteiger partial charge in [0.1, 0.15) is 27.4 Å². The molecule has 0 saturated carbocycles. The Hall–Kier alpha value is -3.63. The Morgan fingerprint density at radius 3 is 2.48 bits per heavy atom. The van der Waals surface area contributed by atoms with Crippen molar-refractivity contribution in [3.8, 4) is 17.6 Å². The second-order valence-corrected chi connectivity index (χ2v) is 6.98. The summed E-state index contributed by atoms with van der Waals surface area (Å²) in [6, 6.07) is 18.0. The predicted octanol–water partition coefficient (Wildman–Crippen LogP) is 5.15. The molecule has 0 spiro atoms. The molecule has 0 atom stereocenters. The fraction of sp³-hybridized carbons (Fsp3) is 0.136. The van der Waals surface area contributed by atoms with Crippen molar-refractivity contribution >= 4 is 28.2 Å². The van der Waals surface area contributed by atoms with Gasteiger partial charge in [0.2, 0.25) is 0 Å². The molecule has 0 aliphatic heterocycles. The number of hydrogen-bond acceptors (Lipinski definition) is 6. The normalized spacial score (nSPS) is 10.1. The molecule has 1 heterocycles. The quantitative estimate of drug-likeness (QED) is 0.572. The molecule has 0 aliphatic carbocycles. The van der Waals surface area contributed by atoms with E-state index in [1.807, 2.05) is 24.3 Å². The van der Waals surface area contributed by atoms with Crippen LogP contribution in [0.5, 0.6) is 11.5 Å². The zero-order valence-electron chi connectivity index (χ0n) is 15.9. The molecule has 1 N–H and O–H groups in total. The van der Waals surface area contributed by atoms with Gasteiger partial charge >= 0.3 is 5.97 Å². The highest BCUT2D eigenvalue weighted by atomic mass is 32.1. The van der Waals surface area contributed by atoms with Gasteiger partial charge in [-0.15, -0.1) is 11.3 Å². The fourth-order valence-electron chi connectivity index (χ4n) is 2.66. The predicted molar refractivity (Wildman–Crippen MR) is 111 cm³/mol. The fourth-order valence-corrected chi connectivity index (χ4v) is 3.70. The van der Waals surface area contributed by atoms with Gasteiger partial charge in [-0.1, -0.05) is 30.3 Å². The zero-order chi connectivity index (χ0) is 20.8. The lowest BCUT2D eigenvalue weighted by Gasteiger charge is -2.11. The monoisotopic (exact) mass is 406 g/mol. The van der Waals surface area contributed by atoms with Crippen LogP contribution >= 0.6 is 11.3 Å². The number of nitriles is 1. The van der Waals surface area contributed by atoms with Crippen LogP contribution in [-0.2, 0) is 4.74 Å².